The summed E-state index contributed by atoms with van der Waals surface area (Å²) < 4.78 is 25.5. The predicted molar refractivity (Wildman–Crippen MR) is 34.2 cm³/mol. The molecule has 0 bridgehead atoms. The summed E-state index contributed by atoms with van der Waals surface area (Å²) in [6, 6.07) is 0. The maximum atomic E-state index is 12.7. The Morgan fingerprint density at radius 1 is 1.36 bits per heavy atom. The topological polar surface area (TPSA) is 20.2 Å². The van der Waals surface area contributed by atoms with Crippen molar-refractivity contribution in [1.82, 2.24) is 0 Å². The summed E-state index contributed by atoms with van der Waals surface area (Å²) in [5.74, 6) is -2.17. The Morgan fingerprint density at radius 2 is 2.00 bits per heavy atom. The van der Waals surface area contributed by atoms with Gasteiger partial charge in [-0.05, 0) is 24.2 Å². The third-order valence-corrected chi connectivity index (χ3v) is 4.00. The lowest BCUT2D eigenvalue weighted by Crippen LogP contribution is -1.98. The smallest absolute Gasteiger partial charge is 0.255 e. The van der Waals surface area contributed by atoms with Gasteiger partial charge in [-0.25, -0.2) is 8.78 Å². The van der Waals surface area contributed by atoms with Crippen molar-refractivity contribution in [2.24, 2.45) is 16.7 Å². The SMILES string of the molecule is OCC1C[C@]12C[C@@]21CC1(F)F. The number of halogens is 2. The van der Waals surface area contributed by atoms with Gasteiger partial charge in [0.15, 0.2) is 0 Å². The van der Waals surface area contributed by atoms with Gasteiger partial charge in [-0.3, -0.25) is 0 Å². The number of aliphatic hydroxyl groups is 1. The third-order valence-electron chi connectivity index (χ3n) is 4.00. The first-order valence-corrected chi connectivity index (χ1v) is 4.07. The van der Waals surface area contributed by atoms with Crippen LogP contribution in [-0.2, 0) is 0 Å². The molecule has 0 aromatic carbocycles. The molecule has 1 N–H and O–H groups in total. The lowest BCUT2D eigenvalue weighted by Gasteiger charge is -1.92. The van der Waals surface area contributed by atoms with Gasteiger partial charge in [0.05, 0.1) is 0 Å². The Labute approximate surface area is 63.4 Å². The van der Waals surface area contributed by atoms with Crippen LogP contribution in [-0.4, -0.2) is 17.6 Å². The molecule has 2 spiro atoms. The highest BCUT2D eigenvalue weighted by atomic mass is 19.3. The van der Waals surface area contributed by atoms with Gasteiger partial charge in [-0.15, -0.1) is 0 Å². The summed E-state index contributed by atoms with van der Waals surface area (Å²) in [7, 11) is 0. The molecule has 1 unspecified atom stereocenters. The van der Waals surface area contributed by atoms with E-state index in [4.69, 9.17) is 5.11 Å². The molecule has 11 heavy (non-hydrogen) atoms. The standard InChI is InChI=1S/C8H10F2O/c9-8(10)4-7(8)3-6(7)1-5(6)2-11/h5,11H,1-4H2/t5?,6-,7+/m0/s1. The van der Waals surface area contributed by atoms with Crippen molar-refractivity contribution < 1.29 is 13.9 Å². The molecule has 0 heterocycles. The van der Waals surface area contributed by atoms with Gasteiger partial charge < -0.3 is 5.11 Å². The maximum absolute atomic E-state index is 12.7. The fraction of sp³-hybridized carbons (Fsp3) is 1.00. The second kappa shape index (κ2) is 1.24. The van der Waals surface area contributed by atoms with Crippen molar-refractivity contribution in [2.75, 3.05) is 6.61 Å². The zero-order valence-electron chi connectivity index (χ0n) is 6.11. The van der Waals surface area contributed by atoms with Crippen molar-refractivity contribution in [2.45, 2.75) is 25.2 Å². The summed E-state index contributed by atoms with van der Waals surface area (Å²) >= 11 is 0. The molecule has 3 fully saturated rings. The number of fused-ring (bicyclic) bond motifs is 1. The first-order chi connectivity index (χ1) is 5.08. The van der Waals surface area contributed by atoms with Crippen LogP contribution in [0.1, 0.15) is 19.3 Å². The zero-order chi connectivity index (χ0) is 7.91. The minimum Gasteiger partial charge on any atom is -0.396 e. The van der Waals surface area contributed by atoms with Crippen molar-refractivity contribution in [3.8, 4) is 0 Å². The number of aliphatic hydroxyl groups excluding tert-OH is 1. The average molecular weight is 160 g/mol. The third kappa shape index (κ3) is 0.443. The lowest BCUT2D eigenvalue weighted by atomic mass is 10.2. The Kier molecular flexibility index (Phi) is 0.716. The molecule has 62 valence electrons. The predicted octanol–water partition coefficient (Wildman–Crippen LogP) is 1.41. The maximum Gasteiger partial charge on any atom is 0.255 e. The highest BCUT2D eigenvalue weighted by Gasteiger charge is 2.96. The highest BCUT2D eigenvalue weighted by Crippen LogP contribution is 2.95. The molecule has 0 aromatic rings. The van der Waals surface area contributed by atoms with E-state index in [0.717, 1.165) is 6.42 Å². The summed E-state index contributed by atoms with van der Waals surface area (Å²) in [6.45, 7) is 0.109. The van der Waals surface area contributed by atoms with Gasteiger partial charge in [0.2, 0.25) is 0 Å². The Balaban J connectivity index is 1.82. The van der Waals surface area contributed by atoms with E-state index in [1.807, 2.05) is 0 Å². The molecule has 0 radical (unpaired) electrons. The van der Waals surface area contributed by atoms with Crippen LogP contribution in [0.3, 0.4) is 0 Å². The van der Waals surface area contributed by atoms with E-state index in [0.29, 0.717) is 6.42 Å². The molecule has 3 aliphatic rings. The van der Waals surface area contributed by atoms with Crippen LogP contribution in [0, 0.1) is 16.7 Å². The monoisotopic (exact) mass is 160 g/mol. The number of hydrogen-bond donors (Lipinski definition) is 1. The van der Waals surface area contributed by atoms with E-state index in [-0.39, 0.29) is 24.4 Å². The van der Waals surface area contributed by atoms with E-state index in [1.54, 1.807) is 0 Å². The molecule has 1 nitrogen and oxygen atoms in total. The zero-order valence-corrected chi connectivity index (χ0v) is 6.11. The van der Waals surface area contributed by atoms with Gasteiger partial charge >= 0.3 is 0 Å². The molecule has 3 aliphatic carbocycles. The molecule has 0 aliphatic heterocycles. The van der Waals surface area contributed by atoms with Crippen LogP contribution in [0.4, 0.5) is 8.78 Å². The summed E-state index contributed by atoms with van der Waals surface area (Å²) in [5, 5.41) is 8.77. The van der Waals surface area contributed by atoms with E-state index < -0.39 is 11.3 Å². The molecule has 3 saturated carbocycles. The first kappa shape index (κ1) is 6.35. The largest absolute Gasteiger partial charge is 0.396 e. The lowest BCUT2D eigenvalue weighted by molar-refractivity contribution is 0.0864. The van der Waals surface area contributed by atoms with Gasteiger partial charge in [-0.1, -0.05) is 0 Å². The van der Waals surface area contributed by atoms with Crippen molar-refractivity contribution in [1.29, 1.82) is 0 Å². The van der Waals surface area contributed by atoms with Crippen molar-refractivity contribution >= 4 is 0 Å². The van der Waals surface area contributed by atoms with Crippen molar-refractivity contribution in [3.63, 3.8) is 0 Å². The van der Waals surface area contributed by atoms with Crippen molar-refractivity contribution in [3.05, 3.63) is 0 Å². The summed E-state index contributed by atoms with van der Waals surface area (Å²) in [5.41, 5.74) is -0.710. The normalized spacial score (nSPS) is 61.9. The highest BCUT2D eigenvalue weighted by molar-refractivity contribution is 5.39. The van der Waals surface area contributed by atoms with E-state index in [1.165, 1.54) is 0 Å². The Bertz CT molecular complexity index is 240. The second-order valence-electron chi connectivity index (χ2n) is 4.38. The Morgan fingerprint density at radius 3 is 2.27 bits per heavy atom. The van der Waals surface area contributed by atoms with Crippen LogP contribution in [0.25, 0.3) is 0 Å². The number of hydrogen-bond acceptors (Lipinski definition) is 1. The van der Waals surface area contributed by atoms with E-state index in [2.05, 4.69) is 0 Å². The number of rotatable bonds is 1. The Hall–Kier alpha value is -0.180. The second-order valence-corrected chi connectivity index (χ2v) is 4.38. The van der Waals surface area contributed by atoms with Crippen LogP contribution >= 0.6 is 0 Å². The van der Waals surface area contributed by atoms with Crippen LogP contribution < -0.4 is 0 Å². The van der Waals surface area contributed by atoms with Gasteiger partial charge in [0.25, 0.3) is 5.92 Å². The molecule has 3 atom stereocenters. The molecule has 0 saturated heterocycles. The summed E-state index contributed by atoms with van der Waals surface area (Å²) in [6.07, 6.45) is 1.62. The van der Waals surface area contributed by atoms with Gasteiger partial charge in [0.1, 0.15) is 0 Å². The minimum absolute atomic E-state index is 0.0920. The molecular weight excluding hydrogens is 150 g/mol. The first-order valence-electron chi connectivity index (χ1n) is 4.07. The minimum atomic E-state index is -2.38. The quantitative estimate of drug-likeness (QED) is 0.615. The molecule has 0 amide bonds. The molecule has 3 rings (SSSR count). The van der Waals surface area contributed by atoms with E-state index in [9.17, 15) is 8.78 Å². The molecular formula is C8H10F2O. The molecule has 0 aromatic heterocycles. The van der Waals surface area contributed by atoms with Crippen LogP contribution in [0.2, 0.25) is 0 Å². The fourth-order valence-electron chi connectivity index (χ4n) is 2.98. The van der Waals surface area contributed by atoms with Gasteiger partial charge in [-0.2, -0.15) is 0 Å². The number of alkyl halides is 2. The van der Waals surface area contributed by atoms with Crippen LogP contribution in [0.15, 0.2) is 0 Å². The van der Waals surface area contributed by atoms with Gasteiger partial charge in [0, 0.05) is 18.4 Å². The summed E-state index contributed by atoms with van der Waals surface area (Å²) in [4.78, 5) is 0. The van der Waals surface area contributed by atoms with E-state index >= 15 is 0 Å². The average Bonchev–Trinajstić information content (AvgIpc) is 2.77. The van der Waals surface area contributed by atoms with Crippen LogP contribution in [0.5, 0.6) is 0 Å². The fourth-order valence-corrected chi connectivity index (χ4v) is 2.98. The molecule has 3 heteroatoms.